The van der Waals surface area contributed by atoms with E-state index in [-0.39, 0.29) is 32.5 Å². The van der Waals surface area contributed by atoms with Crippen LogP contribution in [0.5, 0.6) is 11.5 Å². The highest BCUT2D eigenvalue weighted by Gasteiger charge is 2.21. The van der Waals surface area contributed by atoms with Crippen LogP contribution in [0.25, 0.3) is 21.5 Å². The van der Waals surface area contributed by atoms with E-state index in [2.05, 4.69) is 40.9 Å². The molecule has 4 N–H and O–H groups in total. The molecule has 0 unspecified atom stereocenters. The average molecular weight is 994 g/mol. The minimum absolute atomic E-state index is 0.157. The Morgan fingerprint density at radius 2 is 0.913 bits per heavy atom. The van der Waals surface area contributed by atoms with E-state index in [0.717, 1.165) is 11.4 Å². The zero-order valence-electron chi connectivity index (χ0n) is 38.9. The van der Waals surface area contributed by atoms with E-state index in [4.69, 9.17) is 24.4 Å². The lowest BCUT2D eigenvalue weighted by Gasteiger charge is -2.25. The summed E-state index contributed by atoms with van der Waals surface area (Å²) in [6, 6.07) is 26.1. The monoisotopic (exact) mass is 993 g/mol. The minimum atomic E-state index is -4.53. The predicted molar refractivity (Wildman–Crippen MR) is 272 cm³/mol. The molecule has 0 spiro atoms. The van der Waals surface area contributed by atoms with Crippen molar-refractivity contribution in [1.29, 1.82) is 0 Å². The number of aromatic nitrogens is 3. The molecule has 360 valence electrons. The Hall–Kier alpha value is -6.98. The fourth-order valence-electron chi connectivity index (χ4n) is 7.68. The molecule has 0 atom stereocenters. The molecule has 22 heteroatoms. The molecule has 7 rings (SSSR count). The molecular weight excluding hydrogens is 943 g/mol. The Balaban J connectivity index is 1.35. The molecule has 0 fully saturated rings. The summed E-state index contributed by atoms with van der Waals surface area (Å²) in [7, 11) is -5.92. The summed E-state index contributed by atoms with van der Waals surface area (Å²) in [4.78, 5) is 18.1. The summed E-state index contributed by atoms with van der Waals surface area (Å²) in [6.07, 6.45) is 0. The number of rotatable bonds is 20. The average Bonchev–Trinajstić information content (AvgIpc) is 3.33. The molecule has 1 heterocycles. The first-order valence-electron chi connectivity index (χ1n) is 21.8. The molecular formula is C47H51N11O8S3. The van der Waals surface area contributed by atoms with Gasteiger partial charge in [0.15, 0.2) is 5.16 Å². The number of hydrogen-bond donors (Lipinski definition) is 4. The van der Waals surface area contributed by atoms with Crippen LogP contribution in [-0.2, 0) is 20.2 Å². The second kappa shape index (κ2) is 21.5. The van der Waals surface area contributed by atoms with Crippen LogP contribution < -0.4 is 29.9 Å². The molecule has 0 saturated heterocycles. The molecule has 0 radical (unpaired) electrons. The van der Waals surface area contributed by atoms with Crippen molar-refractivity contribution in [3.63, 3.8) is 0 Å². The zero-order chi connectivity index (χ0) is 49.5. The van der Waals surface area contributed by atoms with Crippen molar-refractivity contribution in [3.8, 4) is 11.5 Å². The lowest BCUT2D eigenvalue weighted by Crippen LogP contribution is -2.22. The maximum atomic E-state index is 12.2. The first kappa shape index (κ1) is 49.9. The van der Waals surface area contributed by atoms with Gasteiger partial charge in [0.2, 0.25) is 11.9 Å². The van der Waals surface area contributed by atoms with Crippen molar-refractivity contribution in [3.05, 3.63) is 97.1 Å². The van der Waals surface area contributed by atoms with Crippen molar-refractivity contribution in [2.45, 2.75) is 49.6 Å². The Morgan fingerprint density at radius 1 is 0.536 bits per heavy atom. The van der Waals surface area contributed by atoms with Gasteiger partial charge in [0.25, 0.3) is 20.2 Å². The Morgan fingerprint density at radius 3 is 1.26 bits per heavy atom. The maximum Gasteiger partial charge on any atom is 0.295 e. The van der Waals surface area contributed by atoms with Gasteiger partial charge in [-0.25, -0.2) is 0 Å². The third-order valence-corrected chi connectivity index (χ3v) is 13.5. The molecule has 0 aliphatic rings. The predicted octanol–water partition coefficient (Wildman–Crippen LogP) is 11.8. The van der Waals surface area contributed by atoms with Crippen molar-refractivity contribution in [1.82, 2.24) is 15.0 Å². The van der Waals surface area contributed by atoms with Crippen LogP contribution >= 0.6 is 11.8 Å². The van der Waals surface area contributed by atoms with Gasteiger partial charge in [0.05, 0.1) is 48.3 Å². The smallest absolute Gasteiger partial charge is 0.295 e. The number of nitrogens with zero attached hydrogens (tertiary/aromatic N) is 9. The number of fused-ring (bicyclic) bond motifs is 2. The SMILES string of the molecule is CCSc1nc(Nc2cc(N(CC)CC)c(OC)cc2N=Nc2ccc(S(=O)(=O)O)c3ccccc23)nc(Nc2cc(N(CC)CC)c(OC)cc2N=Nc2ccc(S(=O)(=O)O)c3ccccc23)n1. The topological polar surface area (TPSA) is 246 Å². The molecule has 19 nitrogen and oxygen atoms in total. The summed E-state index contributed by atoms with van der Waals surface area (Å²) in [5, 5.41) is 27.0. The molecule has 0 aliphatic heterocycles. The molecule has 0 bridgehead atoms. The summed E-state index contributed by atoms with van der Waals surface area (Å²) in [5.41, 5.74) is 3.82. The van der Waals surface area contributed by atoms with Gasteiger partial charge >= 0.3 is 0 Å². The van der Waals surface area contributed by atoms with Crippen LogP contribution in [0.1, 0.15) is 34.6 Å². The van der Waals surface area contributed by atoms with Gasteiger partial charge in [-0.2, -0.15) is 31.8 Å². The molecule has 0 aliphatic carbocycles. The largest absolute Gasteiger partial charge is 0.494 e. The van der Waals surface area contributed by atoms with Crippen molar-refractivity contribution < 1.29 is 35.4 Å². The normalized spacial score (nSPS) is 12.0. The molecule has 6 aromatic carbocycles. The third-order valence-electron chi connectivity index (χ3n) is 11.0. The number of thioether (sulfide) groups is 1. The van der Waals surface area contributed by atoms with Gasteiger partial charge in [0.1, 0.15) is 32.7 Å². The standard InChI is InChI=1S/C47H51N11O8S3/c1-8-57(9-2)39-25-35(37(27-41(39)65-6)55-53-33-21-23-43(68(59,60)61)31-19-15-13-17-29(31)33)48-45-50-46(52-47(51-45)67-12-5)49-36-26-40(58(10-3)11-4)42(66-7)28-38(36)56-54-34-22-24-44(69(62,63)64)32-20-16-14-18-30(32)34/h13-28H,8-12H2,1-7H3,(H,59,60,61)(H,62,63,64)(H2,48,49,50,51,52). The van der Waals surface area contributed by atoms with E-state index in [9.17, 15) is 25.9 Å². The van der Waals surface area contributed by atoms with Crippen LogP contribution in [0, 0.1) is 0 Å². The second-order valence-corrected chi connectivity index (χ2v) is 19.0. The molecule has 0 saturated carbocycles. The van der Waals surface area contributed by atoms with Gasteiger partial charge in [-0.1, -0.05) is 67.2 Å². The Labute approximate surface area is 404 Å². The fraction of sp³-hybridized carbons (Fsp3) is 0.255. The highest BCUT2D eigenvalue weighted by Crippen LogP contribution is 2.44. The van der Waals surface area contributed by atoms with E-state index in [0.29, 0.717) is 93.5 Å². The molecule has 69 heavy (non-hydrogen) atoms. The first-order chi connectivity index (χ1) is 33.1. The van der Waals surface area contributed by atoms with E-state index >= 15 is 0 Å². The maximum absolute atomic E-state index is 12.2. The molecule has 1 aromatic heterocycles. The van der Waals surface area contributed by atoms with Gasteiger partial charge in [-0.15, -0.1) is 20.5 Å². The Bertz CT molecular complexity index is 3100. The van der Waals surface area contributed by atoms with Crippen LogP contribution in [-0.4, -0.2) is 87.0 Å². The Kier molecular flexibility index (Phi) is 15.6. The van der Waals surface area contributed by atoms with Gasteiger partial charge in [0, 0.05) is 59.9 Å². The number of azo groups is 2. The van der Waals surface area contributed by atoms with Crippen LogP contribution in [0.3, 0.4) is 0 Å². The number of ether oxygens (including phenoxy) is 2. The highest BCUT2D eigenvalue weighted by molar-refractivity contribution is 7.99. The van der Waals surface area contributed by atoms with Crippen molar-refractivity contribution in [2.24, 2.45) is 20.5 Å². The van der Waals surface area contributed by atoms with E-state index in [1.54, 1.807) is 74.9 Å². The van der Waals surface area contributed by atoms with Gasteiger partial charge < -0.3 is 29.9 Å². The van der Waals surface area contributed by atoms with E-state index in [1.165, 1.54) is 36.0 Å². The van der Waals surface area contributed by atoms with E-state index < -0.39 is 20.2 Å². The summed E-state index contributed by atoms with van der Waals surface area (Å²) in [6.45, 7) is 12.8. The number of nitrogens with one attached hydrogen (secondary N) is 2. The lowest BCUT2D eigenvalue weighted by atomic mass is 10.1. The second-order valence-electron chi connectivity index (χ2n) is 15.0. The van der Waals surface area contributed by atoms with Crippen LogP contribution in [0.4, 0.5) is 57.4 Å². The van der Waals surface area contributed by atoms with E-state index in [1.807, 2.05) is 46.8 Å². The number of hydrogen-bond acceptors (Lipinski definition) is 18. The van der Waals surface area contributed by atoms with Crippen LogP contribution in [0.15, 0.2) is 132 Å². The fourth-order valence-corrected chi connectivity index (χ4v) is 9.64. The first-order valence-corrected chi connectivity index (χ1v) is 25.7. The van der Waals surface area contributed by atoms with Gasteiger partial charge in [-0.3, -0.25) is 9.11 Å². The number of anilines is 6. The summed E-state index contributed by atoms with van der Waals surface area (Å²) in [5.74, 6) is 2.00. The molecule has 7 aromatic rings. The number of methoxy groups -OCH3 is 2. The quantitative estimate of drug-likeness (QED) is 0.0315. The summed E-state index contributed by atoms with van der Waals surface area (Å²) >= 11 is 1.39. The van der Waals surface area contributed by atoms with Crippen molar-refractivity contribution >= 4 is 111 Å². The zero-order valence-corrected chi connectivity index (χ0v) is 41.3. The number of benzene rings is 6. The minimum Gasteiger partial charge on any atom is -0.494 e. The lowest BCUT2D eigenvalue weighted by molar-refractivity contribution is 0.414. The van der Waals surface area contributed by atoms with Crippen molar-refractivity contribution in [2.75, 3.05) is 66.6 Å². The molecule has 0 amide bonds. The van der Waals surface area contributed by atoms with Crippen LogP contribution in [0.2, 0.25) is 0 Å². The summed E-state index contributed by atoms with van der Waals surface area (Å²) < 4.78 is 80.5. The third kappa shape index (κ3) is 11.2. The highest BCUT2D eigenvalue weighted by atomic mass is 32.2. The van der Waals surface area contributed by atoms with Gasteiger partial charge in [-0.05, 0) is 69.8 Å².